The largest absolute Gasteiger partial charge is 0.480 e. The van der Waals surface area contributed by atoms with E-state index in [9.17, 15) is 4.79 Å². The van der Waals surface area contributed by atoms with Crippen LogP contribution in [0.4, 0.5) is 0 Å². The van der Waals surface area contributed by atoms with Crippen molar-refractivity contribution in [3.63, 3.8) is 0 Å². The molecule has 0 aliphatic rings. The Kier molecular flexibility index (Phi) is 2.85. The molecule has 3 N–H and O–H groups in total. The summed E-state index contributed by atoms with van der Waals surface area (Å²) in [4.78, 5) is 15.1. The molecule has 0 aliphatic carbocycles. The number of nitrogens with two attached hydrogens (primary N) is 1. The number of carbonyl (C=O) groups is 1. The maximum Gasteiger partial charge on any atom is 0.323 e. The van der Waals surface area contributed by atoms with Gasteiger partial charge in [0.1, 0.15) is 5.54 Å². The maximum absolute atomic E-state index is 10.9. The fourth-order valence-corrected chi connectivity index (χ4v) is 1.65. The van der Waals surface area contributed by atoms with E-state index in [0.717, 1.165) is 11.0 Å². The van der Waals surface area contributed by atoms with Crippen molar-refractivity contribution in [1.29, 1.82) is 0 Å². The van der Waals surface area contributed by atoms with Crippen LogP contribution in [0.2, 0.25) is 0 Å². The molecule has 0 aliphatic heterocycles. The highest BCUT2D eigenvalue weighted by Crippen LogP contribution is 2.14. The third-order valence-corrected chi connectivity index (χ3v) is 2.89. The molecule has 1 unspecified atom stereocenters. The topological polar surface area (TPSA) is 81.1 Å². The van der Waals surface area contributed by atoms with Gasteiger partial charge in [-0.2, -0.15) is 0 Å². The molecule has 90 valence electrons. The second-order valence-corrected chi connectivity index (χ2v) is 4.40. The van der Waals surface area contributed by atoms with Crippen LogP contribution in [0, 0.1) is 0 Å². The molecule has 0 saturated heterocycles. The third-order valence-electron chi connectivity index (χ3n) is 2.89. The van der Waals surface area contributed by atoms with Crippen molar-refractivity contribution >= 4 is 17.0 Å². The summed E-state index contributed by atoms with van der Waals surface area (Å²) in [5.74, 6) is -0.984. The van der Waals surface area contributed by atoms with Gasteiger partial charge in [0.05, 0.1) is 17.4 Å². The molecule has 2 rings (SSSR count). The van der Waals surface area contributed by atoms with Crippen LogP contribution in [0.3, 0.4) is 0 Å². The van der Waals surface area contributed by atoms with Crippen LogP contribution in [0.15, 0.2) is 30.6 Å². The molecule has 0 saturated carbocycles. The number of rotatable bonds is 4. The second kappa shape index (κ2) is 4.18. The van der Waals surface area contributed by atoms with Crippen molar-refractivity contribution < 1.29 is 9.90 Å². The number of benzene rings is 1. The Morgan fingerprint density at radius 1 is 1.53 bits per heavy atom. The number of aliphatic carboxylic acids is 1. The highest BCUT2D eigenvalue weighted by atomic mass is 16.4. The monoisotopic (exact) mass is 233 g/mol. The van der Waals surface area contributed by atoms with Crippen molar-refractivity contribution in [2.75, 3.05) is 0 Å². The fourth-order valence-electron chi connectivity index (χ4n) is 1.65. The van der Waals surface area contributed by atoms with Crippen LogP contribution in [-0.2, 0) is 11.3 Å². The molecule has 5 heteroatoms. The van der Waals surface area contributed by atoms with Gasteiger partial charge in [-0.3, -0.25) is 4.79 Å². The van der Waals surface area contributed by atoms with Crippen LogP contribution >= 0.6 is 0 Å². The Balaban J connectivity index is 2.17. The van der Waals surface area contributed by atoms with Crippen molar-refractivity contribution in [1.82, 2.24) is 9.55 Å². The van der Waals surface area contributed by atoms with Crippen molar-refractivity contribution in [2.24, 2.45) is 5.73 Å². The smallest absolute Gasteiger partial charge is 0.323 e. The lowest BCUT2D eigenvalue weighted by molar-refractivity contribution is -0.143. The zero-order chi connectivity index (χ0) is 12.5. The van der Waals surface area contributed by atoms with Crippen LogP contribution in [0.5, 0.6) is 0 Å². The summed E-state index contributed by atoms with van der Waals surface area (Å²) in [5, 5.41) is 8.93. The number of hydrogen-bond acceptors (Lipinski definition) is 3. The number of imidazole rings is 1. The van der Waals surface area contributed by atoms with Crippen molar-refractivity contribution in [3.8, 4) is 0 Å². The molecule has 0 radical (unpaired) electrons. The summed E-state index contributed by atoms with van der Waals surface area (Å²) in [6.45, 7) is 2.06. The summed E-state index contributed by atoms with van der Waals surface area (Å²) in [7, 11) is 0. The minimum Gasteiger partial charge on any atom is -0.480 e. The SMILES string of the molecule is CC(N)(CCn1cnc2ccccc21)C(=O)O. The first kappa shape index (κ1) is 11.6. The molecule has 2 aromatic rings. The number of fused-ring (bicyclic) bond motifs is 1. The van der Waals surface area contributed by atoms with Gasteiger partial charge in [-0.15, -0.1) is 0 Å². The van der Waals surface area contributed by atoms with Gasteiger partial charge in [-0.1, -0.05) is 12.1 Å². The lowest BCUT2D eigenvalue weighted by Crippen LogP contribution is -2.45. The van der Waals surface area contributed by atoms with E-state index in [0.29, 0.717) is 13.0 Å². The number of carboxylic acids is 1. The molecule has 0 spiro atoms. The van der Waals surface area contributed by atoms with E-state index in [1.54, 1.807) is 6.33 Å². The molecular formula is C12H15N3O2. The van der Waals surface area contributed by atoms with Gasteiger partial charge in [0.25, 0.3) is 0 Å². The van der Waals surface area contributed by atoms with Crippen LogP contribution < -0.4 is 5.73 Å². The molecule has 0 fully saturated rings. The average Bonchev–Trinajstić information content (AvgIpc) is 2.69. The van der Waals surface area contributed by atoms with Gasteiger partial charge >= 0.3 is 5.97 Å². The van der Waals surface area contributed by atoms with E-state index in [1.165, 1.54) is 6.92 Å². The van der Waals surface area contributed by atoms with E-state index in [1.807, 2.05) is 28.8 Å². The number of para-hydroxylation sites is 2. The Morgan fingerprint density at radius 2 is 2.24 bits per heavy atom. The highest BCUT2D eigenvalue weighted by Gasteiger charge is 2.27. The summed E-state index contributed by atoms with van der Waals surface area (Å²) < 4.78 is 1.92. The van der Waals surface area contributed by atoms with E-state index in [2.05, 4.69) is 4.98 Å². The second-order valence-electron chi connectivity index (χ2n) is 4.40. The fraction of sp³-hybridized carbons (Fsp3) is 0.333. The van der Waals surface area contributed by atoms with Crippen LogP contribution in [-0.4, -0.2) is 26.2 Å². The van der Waals surface area contributed by atoms with Gasteiger partial charge in [-0.05, 0) is 25.5 Å². The first-order valence-corrected chi connectivity index (χ1v) is 5.43. The van der Waals surface area contributed by atoms with Crippen LogP contribution in [0.1, 0.15) is 13.3 Å². The third kappa shape index (κ3) is 2.29. The maximum atomic E-state index is 10.9. The van der Waals surface area contributed by atoms with Gasteiger partial charge in [-0.25, -0.2) is 4.98 Å². The zero-order valence-electron chi connectivity index (χ0n) is 9.63. The zero-order valence-corrected chi connectivity index (χ0v) is 9.63. The quantitative estimate of drug-likeness (QED) is 0.832. The molecule has 1 atom stereocenters. The molecule has 0 amide bonds. The van der Waals surface area contributed by atoms with E-state index in [4.69, 9.17) is 10.8 Å². The van der Waals surface area contributed by atoms with E-state index < -0.39 is 11.5 Å². The predicted octanol–water partition coefficient (Wildman–Crippen LogP) is 1.23. The van der Waals surface area contributed by atoms with Crippen LogP contribution in [0.25, 0.3) is 11.0 Å². The molecule has 1 aromatic heterocycles. The standard InChI is InChI=1S/C12H15N3O2/c1-12(13,11(16)17)6-7-15-8-14-9-4-2-3-5-10(9)15/h2-5,8H,6-7,13H2,1H3,(H,16,17). The van der Waals surface area contributed by atoms with Crippen molar-refractivity contribution in [2.45, 2.75) is 25.4 Å². The molecule has 5 nitrogen and oxygen atoms in total. The Morgan fingerprint density at radius 3 is 2.94 bits per heavy atom. The number of hydrogen-bond donors (Lipinski definition) is 2. The summed E-state index contributed by atoms with van der Waals surface area (Å²) in [6, 6.07) is 7.73. The number of aromatic nitrogens is 2. The Bertz CT molecular complexity index is 545. The first-order valence-electron chi connectivity index (χ1n) is 5.43. The highest BCUT2D eigenvalue weighted by molar-refractivity contribution is 5.78. The number of aryl methyl sites for hydroxylation is 1. The van der Waals surface area contributed by atoms with Gasteiger partial charge in [0.2, 0.25) is 0 Å². The lowest BCUT2D eigenvalue weighted by atomic mass is 10.00. The molecular weight excluding hydrogens is 218 g/mol. The summed E-state index contributed by atoms with van der Waals surface area (Å²) in [5.41, 5.74) is 6.38. The molecule has 1 aromatic carbocycles. The Hall–Kier alpha value is -1.88. The summed E-state index contributed by atoms with van der Waals surface area (Å²) >= 11 is 0. The van der Waals surface area contributed by atoms with Crippen molar-refractivity contribution in [3.05, 3.63) is 30.6 Å². The first-order chi connectivity index (χ1) is 8.00. The van der Waals surface area contributed by atoms with Gasteiger partial charge < -0.3 is 15.4 Å². The van der Waals surface area contributed by atoms with Gasteiger partial charge in [0, 0.05) is 6.54 Å². The normalized spacial score (nSPS) is 14.7. The summed E-state index contributed by atoms with van der Waals surface area (Å²) in [6.07, 6.45) is 2.07. The van der Waals surface area contributed by atoms with E-state index in [-0.39, 0.29) is 0 Å². The molecule has 0 bridgehead atoms. The Labute approximate surface area is 98.9 Å². The molecule has 1 heterocycles. The number of nitrogens with zero attached hydrogens (tertiary/aromatic N) is 2. The minimum atomic E-state index is -1.20. The van der Waals surface area contributed by atoms with E-state index >= 15 is 0 Å². The predicted molar refractivity (Wildman–Crippen MR) is 64.6 cm³/mol. The number of carboxylic acid groups (broad SMARTS) is 1. The molecule has 17 heavy (non-hydrogen) atoms. The average molecular weight is 233 g/mol. The van der Waals surface area contributed by atoms with Gasteiger partial charge in [0.15, 0.2) is 0 Å². The lowest BCUT2D eigenvalue weighted by Gasteiger charge is -2.19. The minimum absolute atomic E-state index is 0.364.